The smallest absolute Gasteiger partial charge is 0.438 e. The van der Waals surface area contributed by atoms with Crippen molar-refractivity contribution in [2.24, 2.45) is 4.99 Å². The Kier molecular flexibility index (Phi) is 4.39. The van der Waals surface area contributed by atoms with Crippen LogP contribution in [0.4, 0.5) is 10.2 Å². The molecule has 0 unspecified atom stereocenters. The molecule has 3 aromatic rings. The molecular formula is C17H14FN5O5. The lowest BCUT2D eigenvalue weighted by Crippen LogP contribution is -2.23. The van der Waals surface area contributed by atoms with E-state index in [2.05, 4.69) is 10.1 Å². The highest BCUT2D eigenvalue weighted by Crippen LogP contribution is 2.31. The number of rotatable bonds is 4. The van der Waals surface area contributed by atoms with Gasteiger partial charge < -0.3 is 24.8 Å². The van der Waals surface area contributed by atoms with E-state index in [1.807, 2.05) is 0 Å². The number of nitrogens with zero attached hydrogens (tertiary/aromatic N) is 5. The predicted octanol–water partition coefficient (Wildman–Crippen LogP) is 1.83. The van der Waals surface area contributed by atoms with E-state index in [9.17, 15) is 19.7 Å². The Balaban J connectivity index is 1.76. The maximum absolute atomic E-state index is 13.0. The summed E-state index contributed by atoms with van der Waals surface area (Å²) in [5, 5.41) is 25.6. The molecule has 0 atom stereocenters. The Hall–Kier alpha value is -3.89. The number of ether oxygens (including phenoxy) is 2. The zero-order valence-electron chi connectivity index (χ0n) is 14.4. The van der Waals surface area contributed by atoms with Crippen LogP contribution in [0, 0.1) is 15.9 Å². The van der Waals surface area contributed by atoms with Gasteiger partial charge in [0.15, 0.2) is 11.5 Å². The van der Waals surface area contributed by atoms with Gasteiger partial charge in [0.25, 0.3) is 5.49 Å². The Bertz CT molecular complexity index is 1110. The molecule has 2 heterocycles. The van der Waals surface area contributed by atoms with E-state index in [4.69, 9.17) is 9.47 Å². The molecule has 28 heavy (non-hydrogen) atoms. The molecule has 0 amide bonds. The van der Waals surface area contributed by atoms with Crippen LogP contribution in [0.15, 0.2) is 47.5 Å². The first kappa shape index (κ1) is 17.5. The molecule has 2 aromatic carbocycles. The first-order chi connectivity index (χ1) is 13.5. The molecule has 0 saturated carbocycles. The lowest BCUT2D eigenvalue weighted by atomic mass is 10.2. The van der Waals surface area contributed by atoms with Crippen LogP contribution >= 0.6 is 0 Å². The minimum atomic E-state index is -0.745. The average molecular weight is 387 g/mol. The van der Waals surface area contributed by atoms with Crippen molar-refractivity contribution in [3.05, 3.63) is 69.4 Å². The number of hydrogen-bond donors (Lipinski definition) is 1. The fourth-order valence-corrected chi connectivity index (χ4v) is 2.69. The molecule has 0 aliphatic carbocycles. The highest BCUT2D eigenvalue weighted by molar-refractivity contribution is 5.48. The van der Waals surface area contributed by atoms with Crippen molar-refractivity contribution in [1.29, 1.82) is 0 Å². The van der Waals surface area contributed by atoms with Gasteiger partial charge in [0.1, 0.15) is 24.7 Å². The van der Waals surface area contributed by atoms with E-state index in [-0.39, 0.29) is 12.0 Å². The summed E-state index contributed by atoms with van der Waals surface area (Å²) in [6.07, 6.45) is 0. The van der Waals surface area contributed by atoms with Gasteiger partial charge in [-0.3, -0.25) is 4.99 Å². The maximum atomic E-state index is 13.0. The normalized spacial score (nSPS) is 13.5. The SMILES string of the molecule is O=[N+]([O-])c1nn(-c2ccc3c(c2)OCCO3)n(O)c1=NCc1ccc(F)cc1. The third-order valence-electron chi connectivity index (χ3n) is 4.01. The Morgan fingerprint density at radius 1 is 1.18 bits per heavy atom. The van der Waals surface area contributed by atoms with E-state index in [1.165, 1.54) is 24.3 Å². The van der Waals surface area contributed by atoms with Crippen LogP contribution in [0.5, 0.6) is 11.5 Å². The third kappa shape index (κ3) is 3.24. The van der Waals surface area contributed by atoms with Gasteiger partial charge in [-0.1, -0.05) is 17.0 Å². The Morgan fingerprint density at radius 3 is 2.61 bits per heavy atom. The number of hydrogen-bond acceptors (Lipinski definition) is 7. The van der Waals surface area contributed by atoms with Gasteiger partial charge in [-0.25, -0.2) is 4.39 Å². The summed E-state index contributed by atoms with van der Waals surface area (Å²) in [5.74, 6) is -0.0630. The second-order valence-corrected chi connectivity index (χ2v) is 5.85. The number of halogens is 1. The predicted molar refractivity (Wildman–Crippen MR) is 92.0 cm³/mol. The molecular weight excluding hydrogens is 373 g/mol. The molecule has 1 aliphatic rings. The lowest BCUT2D eigenvalue weighted by molar-refractivity contribution is -0.391. The zero-order chi connectivity index (χ0) is 19.7. The fraction of sp³-hybridized carbons (Fsp3) is 0.176. The summed E-state index contributed by atoms with van der Waals surface area (Å²) in [4.78, 5) is 16.1. The zero-order valence-corrected chi connectivity index (χ0v) is 14.4. The van der Waals surface area contributed by atoms with Crippen LogP contribution in [-0.4, -0.2) is 38.1 Å². The Labute approximate surface area is 156 Å². The topological polar surface area (TPSA) is 117 Å². The summed E-state index contributed by atoms with van der Waals surface area (Å²) in [5.41, 5.74) is 0.588. The van der Waals surface area contributed by atoms with E-state index >= 15 is 0 Å². The van der Waals surface area contributed by atoms with Crippen molar-refractivity contribution in [2.75, 3.05) is 13.2 Å². The molecule has 0 radical (unpaired) electrons. The molecule has 144 valence electrons. The van der Waals surface area contributed by atoms with Gasteiger partial charge in [0, 0.05) is 6.07 Å². The molecule has 10 nitrogen and oxygen atoms in total. The first-order valence-corrected chi connectivity index (χ1v) is 8.24. The summed E-state index contributed by atoms with van der Waals surface area (Å²) >= 11 is 0. The second kappa shape index (κ2) is 7.02. The highest BCUT2D eigenvalue weighted by Gasteiger charge is 2.25. The van der Waals surface area contributed by atoms with Crippen LogP contribution in [0.25, 0.3) is 5.69 Å². The van der Waals surface area contributed by atoms with Crippen molar-refractivity contribution in [3.8, 4) is 17.2 Å². The summed E-state index contributed by atoms with van der Waals surface area (Å²) < 4.78 is 23.9. The van der Waals surface area contributed by atoms with Gasteiger partial charge in [0.2, 0.25) is 0 Å². The van der Waals surface area contributed by atoms with Crippen LogP contribution in [0.2, 0.25) is 0 Å². The first-order valence-electron chi connectivity index (χ1n) is 8.24. The minimum absolute atomic E-state index is 0.00544. The number of fused-ring (bicyclic) bond motifs is 1. The monoisotopic (exact) mass is 387 g/mol. The van der Waals surface area contributed by atoms with Crippen molar-refractivity contribution in [3.63, 3.8) is 0 Å². The molecule has 0 spiro atoms. The molecule has 0 saturated heterocycles. The average Bonchev–Trinajstić information content (AvgIpc) is 3.04. The van der Waals surface area contributed by atoms with Gasteiger partial charge in [-0.2, -0.15) is 0 Å². The van der Waals surface area contributed by atoms with Crippen LogP contribution in [-0.2, 0) is 6.54 Å². The van der Waals surface area contributed by atoms with Crippen molar-refractivity contribution in [1.82, 2.24) is 14.7 Å². The molecule has 0 bridgehead atoms. The summed E-state index contributed by atoms with van der Waals surface area (Å²) in [7, 11) is 0. The fourth-order valence-electron chi connectivity index (χ4n) is 2.69. The second-order valence-electron chi connectivity index (χ2n) is 5.85. The van der Waals surface area contributed by atoms with Crippen LogP contribution in [0.3, 0.4) is 0 Å². The van der Waals surface area contributed by atoms with Crippen LogP contribution in [0.1, 0.15) is 5.56 Å². The Morgan fingerprint density at radius 2 is 1.89 bits per heavy atom. The van der Waals surface area contributed by atoms with Crippen molar-refractivity contribution < 1.29 is 24.0 Å². The maximum Gasteiger partial charge on any atom is 0.438 e. The number of benzene rings is 2. The standard InChI is InChI=1S/C17H14FN5O5/c18-12-3-1-11(2-4-12)10-19-16-17(23(25)26)20-21(22(16)24)13-5-6-14-15(9-13)28-8-7-27-14/h1-6,9,24H,7-8,10H2. The molecule has 0 fully saturated rings. The van der Waals surface area contributed by atoms with E-state index < -0.39 is 16.6 Å². The minimum Gasteiger partial charge on any atom is -0.486 e. The van der Waals surface area contributed by atoms with E-state index in [0.29, 0.717) is 40.8 Å². The third-order valence-corrected chi connectivity index (χ3v) is 4.01. The molecule has 4 rings (SSSR count). The largest absolute Gasteiger partial charge is 0.486 e. The highest BCUT2D eigenvalue weighted by atomic mass is 19.1. The van der Waals surface area contributed by atoms with Gasteiger partial charge in [-0.05, 0) is 39.5 Å². The van der Waals surface area contributed by atoms with Gasteiger partial charge >= 0.3 is 5.82 Å². The molecule has 11 heteroatoms. The van der Waals surface area contributed by atoms with Gasteiger partial charge in [0.05, 0.1) is 11.6 Å². The quantitative estimate of drug-likeness (QED) is 0.415. The van der Waals surface area contributed by atoms with Gasteiger partial charge in [-0.15, -0.1) is 0 Å². The molecule has 1 N–H and O–H groups in total. The lowest BCUT2D eigenvalue weighted by Gasteiger charge is -2.18. The number of nitro groups is 1. The molecule has 1 aromatic heterocycles. The number of aromatic nitrogens is 3. The van der Waals surface area contributed by atoms with E-state index in [0.717, 1.165) is 4.80 Å². The summed E-state index contributed by atoms with van der Waals surface area (Å²) in [6, 6.07) is 10.2. The molecule has 1 aliphatic heterocycles. The van der Waals surface area contributed by atoms with E-state index in [1.54, 1.807) is 18.2 Å². The van der Waals surface area contributed by atoms with Crippen molar-refractivity contribution in [2.45, 2.75) is 6.54 Å². The van der Waals surface area contributed by atoms with Crippen molar-refractivity contribution >= 4 is 5.82 Å². The summed E-state index contributed by atoms with van der Waals surface area (Å²) in [6.45, 7) is 0.785. The van der Waals surface area contributed by atoms with Crippen LogP contribution < -0.4 is 15.0 Å².